The zero-order valence-electron chi connectivity index (χ0n) is 14.3. The van der Waals surface area contributed by atoms with E-state index in [1.165, 1.54) is 12.1 Å². The van der Waals surface area contributed by atoms with E-state index in [9.17, 15) is 31.1 Å². The summed E-state index contributed by atoms with van der Waals surface area (Å²) in [6.45, 7) is -1.44. The number of pyridine rings is 1. The fourth-order valence-electron chi connectivity index (χ4n) is 2.82. The molecule has 1 saturated heterocycles. The van der Waals surface area contributed by atoms with Gasteiger partial charge in [0, 0.05) is 23.5 Å². The first-order valence-corrected chi connectivity index (χ1v) is 8.18. The SMILES string of the molecule is O=C(Nc1ccc(F)c(-n2cc3cc(C(F)(F)F)cnc3n2)c1)N1CC(F)(F)C1. The van der Waals surface area contributed by atoms with Crippen LogP contribution in [0, 0.1) is 5.82 Å². The summed E-state index contributed by atoms with van der Waals surface area (Å²) >= 11 is 0. The summed E-state index contributed by atoms with van der Waals surface area (Å²) < 4.78 is 79.4. The molecule has 4 rings (SSSR count). The molecule has 1 aromatic carbocycles. The van der Waals surface area contributed by atoms with Crippen LogP contribution in [0.3, 0.4) is 0 Å². The van der Waals surface area contributed by atoms with Crippen LogP contribution in [0.5, 0.6) is 0 Å². The van der Waals surface area contributed by atoms with Crippen LogP contribution in [0.25, 0.3) is 16.7 Å². The van der Waals surface area contributed by atoms with Gasteiger partial charge in [0.15, 0.2) is 5.65 Å². The van der Waals surface area contributed by atoms with E-state index in [0.29, 0.717) is 6.20 Å². The number of alkyl halides is 5. The van der Waals surface area contributed by atoms with Crippen molar-refractivity contribution in [2.75, 3.05) is 18.4 Å². The Balaban J connectivity index is 1.61. The Morgan fingerprint density at radius 3 is 2.55 bits per heavy atom. The second-order valence-corrected chi connectivity index (χ2v) is 6.52. The van der Waals surface area contributed by atoms with Crippen molar-refractivity contribution < 1.29 is 31.1 Å². The highest BCUT2D eigenvalue weighted by molar-refractivity contribution is 5.90. The first-order valence-electron chi connectivity index (χ1n) is 8.18. The largest absolute Gasteiger partial charge is 0.417 e. The van der Waals surface area contributed by atoms with E-state index in [-0.39, 0.29) is 22.4 Å². The van der Waals surface area contributed by atoms with Crippen LogP contribution in [-0.4, -0.2) is 44.7 Å². The molecule has 1 aliphatic heterocycles. The third-order valence-corrected chi connectivity index (χ3v) is 4.26. The number of rotatable bonds is 2. The number of halogens is 6. The van der Waals surface area contributed by atoms with Crippen molar-refractivity contribution in [3.8, 4) is 5.69 Å². The maximum absolute atomic E-state index is 14.2. The smallest absolute Gasteiger partial charge is 0.312 e. The molecule has 0 radical (unpaired) electrons. The Kier molecular flexibility index (Phi) is 4.17. The van der Waals surface area contributed by atoms with Crippen LogP contribution >= 0.6 is 0 Å². The van der Waals surface area contributed by atoms with Crippen molar-refractivity contribution in [2.45, 2.75) is 12.1 Å². The molecule has 29 heavy (non-hydrogen) atoms. The van der Waals surface area contributed by atoms with Crippen LogP contribution in [0.2, 0.25) is 0 Å². The molecule has 0 aliphatic carbocycles. The fraction of sp³-hybridized carbons (Fsp3) is 0.235. The van der Waals surface area contributed by atoms with Crippen LogP contribution in [0.4, 0.5) is 36.8 Å². The summed E-state index contributed by atoms with van der Waals surface area (Å²) in [4.78, 5) is 16.4. The summed E-state index contributed by atoms with van der Waals surface area (Å²) in [5.74, 6) is -3.69. The lowest BCUT2D eigenvalue weighted by molar-refractivity contribution is -0.137. The molecule has 0 saturated carbocycles. The van der Waals surface area contributed by atoms with E-state index in [1.807, 2.05) is 0 Å². The topological polar surface area (TPSA) is 63.1 Å². The molecular weight excluding hydrogens is 404 g/mol. The number of urea groups is 1. The minimum absolute atomic E-state index is 0.0327. The predicted octanol–water partition coefficient (Wildman–Crippen LogP) is 4.06. The molecule has 0 unspecified atom stereocenters. The van der Waals surface area contributed by atoms with Crippen LogP contribution in [0.1, 0.15) is 5.56 Å². The normalized spacial score (nSPS) is 16.0. The average molecular weight is 415 g/mol. The lowest BCUT2D eigenvalue weighted by atomic mass is 10.1. The third-order valence-electron chi connectivity index (χ3n) is 4.26. The van der Waals surface area contributed by atoms with Gasteiger partial charge in [-0.2, -0.15) is 13.2 Å². The monoisotopic (exact) mass is 415 g/mol. The second-order valence-electron chi connectivity index (χ2n) is 6.52. The summed E-state index contributed by atoms with van der Waals surface area (Å²) in [5, 5.41) is 6.35. The Morgan fingerprint density at radius 2 is 1.90 bits per heavy atom. The summed E-state index contributed by atoms with van der Waals surface area (Å²) in [6, 6.07) is 3.46. The highest BCUT2D eigenvalue weighted by Gasteiger charge is 2.46. The Labute approximate surface area is 158 Å². The molecule has 0 atom stereocenters. The minimum atomic E-state index is -4.59. The highest BCUT2D eigenvalue weighted by atomic mass is 19.4. The Hall–Kier alpha value is -3.31. The molecule has 12 heteroatoms. The van der Waals surface area contributed by atoms with Gasteiger partial charge in [0.1, 0.15) is 11.5 Å². The molecule has 1 aliphatic rings. The zero-order valence-corrected chi connectivity index (χ0v) is 14.3. The van der Waals surface area contributed by atoms with Gasteiger partial charge in [-0.05, 0) is 24.3 Å². The predicted molar refractivity (Wildman–Crippen MR) is 89.4 cm³/mol. The molecule has 6 nitrogen and oxygen atoms in total. The molecule has 0 spiro atoms. The van der Waals surface area contributed by atoms with Crippen LogP contribution in [-0.2, 0) is 6.18 Å². The van der Waals surface area contributed by atoms with Crippen molar-refractivity contribution >= 4 is 22.8 Å². The van der Waals surface area contributed by atoms with Crippen molar-refractivity contribution in [3.05, 3.63) is 48.0 Å². The molecule has 152 valence electrons. The van der Waals surface area contributed by atoms with Gasteiger partial charge < -0.3 is 10.2 Å². The molecule has 2 aromatic heterocycles. The number of fused-ring (bicyclic) bond motifs is 1. The Bertz CT molecular complexity index is 1100. The van der Waals surface area contributed by atoms with Gasteiger partial charge in [-0.25, -0.2) is 27.6 Å². The summed E-state index contributed by atoms with van der Waals surface area (Å²) in [6.07, 6.45) is -2.81. The molecule has 3 heterocycles. The Morgan fingerprint density at radius 1 is 1.17 bits per heavy atom. The van der Waals surface area contributed by atoms with E-state index in [1.54, 1.807) is 0 Å². The summed E-state index contributed by atoms with van der Waals surface area (Å²) in [7, 11) is 0. The van der Waals surface area contributed by atoms with Gasteiger partial charge in [-0.3, -0.25) is 0 Å². The van der Waals surface area contributed by atoms with E-state index in [4.69, 9.17) is 0 Å². The van der Waals surface area contributed by atoms with E-state index >= 15 is 0 Å². The number of likely N-dealkylation sites (tertiary alicyclic amines) is 1. The maximum Gasteiger partial charge on any atom is 0.417 e. The number of nitrogens with zero attached hydrogens (tertiary/aromatic N) is 4. The number of carbonyl (C=O) groups excluding carboxylic acids is 1. The van der Waals surface area contributed by atoms with Crippen LogP contribution in [0.15, 0.2) is 36.7 Å². The summed E-state index contributed by atoms with van der Waals surface area (Å²) in [5.41, 5.74) is -1.07. The lowest BCUT2D eigenvalue weighted by Crippen LogP contribution is -2.59. The quantitative estimate of drug-likeness (QED) is 0.642. The number of carbonyl (C=O) groups is 1. The van der Waals surface area contributed by atoms with Gasteiger partial charge in [0.05, 0.1) is 18.7 Å². The molecule has 1 N–H and O–H groups in total. The molecule has 0 bridgehead atoms. The zero-order chi connectivity index (χ0) is 21.0. The molecule has 3 aromatic rings. The van der Waals surface area contributed by atoms with Gasteiger partial charge in [-0.15, -0.1) is 5.10 Å². The van der Waals surface area contributed by atoms with E-state index in [2.05, 4.69) is 15.4 Å². The van der Waals surface area contributed by atoms with Gasteiger partial charge in [0.25, 0.3) is 5.92 Å². The lowest BCUT2D eigenvalue weighted by Gasteiger charge is -2.38. The van der Waals surface area contributed by atoms with Crippen molar-refractivity contribution in [1.29, 1.82) is 0 Å². The van der Waals surface area contributed by atoms with Gasteiger partial charge in [-0.1, -0.05) is 0 Å². The van der Waals surface area contributed by atoms with Crippen molar-refractivity contribution in [2.24, 2.45) is 0 Å². The highest BCUT2D eigenvalue weighted by Crippen LogP contribution is 2.31. The maximum atomic E-state index is 14.2. The number of hydrogen-bond acceptors (Lipinski definition) is 3. The van der Waals surface area contributed by atoms with E-state index < -0.39 is 42.6 Å². The first-order chi connectivity index (χ1) is 13.5. The minimum Gasteiger partial charge on any atom is -0.312 e. The number of amides is 2. The number of hydrogen-bond donors (Lipinski definition) is 1. The van der Waals surface area contributed by atoms with E-state index in [0.717, 1.165) is 27.9 Å². The number of aromatic nitrogens is 3. The van der Waals surface area contributed by atoms with Gasteiger partial charge >= 0.3 is 12.2 Å². The molecule has 2 amide bonds. The average Bonchev–Trinajstić information content (AvgIpc) is 3.03. The number of benzene rings is 1. The standard InChI is InChI=1S/C17H11F6N5O/c18-12-2-1-11(25-15(29)27-7-16(19,20)8-27)4-13(12)28-6-9-3-10(17(21,22)23)5-24-14(9)26-28/h1-6H,7-8H2,(H,25,29). The number of anilines is 1. The fourth-order valence-corrected chi connectivity index (χ4v) is 2.82. The first kappa shape index (κ1) is 19.0. The van der Waals surface area contributed by atoms with Crippen LogP contribution < -0.4 is 5.32 Å². The van der Waals surface area contributed by atoms with Crippen molar-refractivity contribution in [1.82, 2.24) is 19.7 Å². The van der Waals surface area contributed by atoms with Crippen molar-refractivity contribution in [3.63, 3.8) is 0 Å². The van der Waals surface area contributed by atoms with Gasteiger partial charge in [0.2, 0.25) is 0 Å². The third kappa shape index (κ3) is 3.69. The second kappa shape index (κ2) is 6.36. The molecular formula is C17H11F6N5O. The number of nitrogens with one attached hydrogen (secondary N) is 1. The molecule has 1 fully saturated rings.